The number of amides is 1. The van der Waals surface area contributed by atoms with E-state index in [-0.39, 0.29) is 17.3 Å². The molecule has 6 nitrogen and oxygen atoms in total. The minimum atomic E-state index is -3.48. The summed E-state index contributed by atoms with van der Waals surface area (Å²) in [6.45, 7) is 1.81. The molecule has 24 heavy (non-hydrogen) atoms. The fourth-order valence-corrected chi connectivity index (χ4v) is 2.75. The van der Waals surface area contributed by atoms with Gasteiger partial charge in [-0.1, -0.05) is 24.3 Å². The maximum absolute atomic E-state index is 12.5. The number of nitriles is 1. The van der Waals surface area contributed by atoms with E-state index >= 15 is 0 Å². The Kier molecular flexibility index (Phi) is 5.21. The van der Waals surface area contributed by atoms with Crippen LogP contribution in [0.25, 0.3) is 0 Å². The first-order valence-corrected chi connectivity index (χ1v) is 9.07. The van der Waals surface area contributed by atoms with Crippen molar-refractivity contribution in [3.8, 4) is 6.07 Å². The highest BCUT2D eigenvalue weighted by molar-refractivity contribution is 7.92. The fourth-order valence-electron chi connectivity index (χ4n) is 2.17. The average Bonchev–Trinajstić information content (AvgIpc) is 2.53. The Balaban J connectivity index is 2.19. The number of para-hydroxylation sites is 1. The number of carbonyl (C=O) groups excluding carboxylic acids is 1. The van der Waals surface area contributed by atoms with Crippen molar-refractivity contribution in [3.63, 3.8) is 0 Å². The number of benzene rings is 2. The summed E-state index contributed by atoms with van der Waals surface area (Å²) >= 11 is 0. The van der Waals surface area contributed by atoms with E-state index in [1.54, 1.807) is 42.5 Å². The van der Waals surface area contributed by atoms with E-state index in [4.69, 9.17) is 5.26 Å². The van der Waals surface area contributed by atoms with E-state index in [0.717, 1.165) is 11.8 Å². The minimum Gasteiger partial charge on any atom is -0.345 e. The highest BCUT2D eigenvalue weighted by Gasteiger charge is 2.16. The molecule has 1 amide bonds. The van der Waals surface area contributed by atoms with Gasteiger partial charge in [0, 0.05) is 0 Å². The maximum atomic E-state index is 12.5. The van der Waals surface area contributed by atoms with Crippen molar-refractivity contribution in [2.45, 2.75) is 13.0 Å². The molecule has 0 radical (unpaired) electrons. The molecule has 7 heteroatoms. The zero-order chi connectivity index (χ0) is 17.7. The molecular weight excluding hydrogens is 326 g/mol. The Morgan fingerprint density at radius 2 is 1.75 bits per heavy atom. The first-order chi connectivity index (χ1) is 11.3. The summed E-state index contributed by atoms with van der Waals surface area (Å²) < 4.78 is 25.2. The van der Waals surface area contributed by atoms with Crippen molar-refractivity contribution in [2.75, 3.05) is 11.0 Å². The number of hydrogen-bond acceptors (Lipinski definition) is 4. The van der Waals surface area contributed by atoms with Gasteiger partial charge < -0.3 is 5.32 Å². The number of sulfonamides is 1. The lowest BCUT2D eigenvalue weighted by Crippen LogP contribution is -2.27. The predicted molar refractivity (Wildman–Crippen MR) is 91.9 cm³/mol. The lowest BCUT2D eigenvalue weighted by atomic mass is 10.1. The molecule has 2 aromatic rings. The highest BCUT2D eigenvalue weighted by Crippen LogP contribution is 2.19. The molecular formula is C17H17N3O3S. The van der Waals surface area contributed by atoms with Gasteiger partial charge in [-0.15, -0.1) is 0 Å². The summed E-state index contributed by atoms with van der Waals surface area (Å²) in [5.74, 6) is -0.390. The number of carbonyl (C=O) groups is 1. The molecule has 2 N–H and O–H groups in total. The van der Waals surface area contributed by atoms with E-state index in [1.165, 1.54) is 6.07 Å². The number of hydrogen-bond donors (Lipinski definition) is 2. The smallest absolute Gasteiger partial charge is 0.253 e. The van der Waals surface area contributed by atoms with E-state index in [9.17, 15) is 13.2 Å². The fraction of sp³-hybridized carbons (Fsp3) is 0.176. The summed E-state index contributed by atoms with van der Waals surface area (Å²) in [6, 6.07) is 15.0. The topological polar surface area (TPSA) is 99.1 Å². The molecule has 0 aromatic heterocycles. The largest absolute Gasteiger partial charge is 0.345 e. The summed E-state index contributed by atoms with van der Waals surface area (Å²) in [4.78, 5) is 12.5. The lowest BCUT2D eigenvalue weighted by Gasteiger charge is -2.16. The van der Waals surface area contributed by atoms with Gasteiger partial charge in [-0.3, -0.25) is 9.52 Å². The predicted octanol–water partition coefficient (Wildman–Crippen LogP) is 2.42. The van der Waals surface area contributed by atoms with E-state index in [1.807, 2.05) is 13.0 Å². The van der Waals surface area contributed by atoms with Gasteiger partial charge in [0.05, 0.1) is 35.2 Å². The van der Waals surface area contributed by atoms with Crippen LogP contribution in [0.1, 0.15) is 34.5 Å². The average molecular weight is 343 g/mol. The van der Waals surface area contributed by atoms with Gasteiger partial charge in [0.25, 0.3) is 5.91 Å². The third-order valence-electron chi connectivity index (χ3n) is 3.35. The van der Waals surface area contributed by atoms with Crippen LogP contribution in [0.2, 0.25) is 0 Å². The molecule has 1 unspecified atom stereocenters. The molecule has 124 valence electrons. The zero-order valence-corrected chi connectivity index (χ0v) is 14.1. The maximum Gasteiger partial charge on any atom is 0.253 e. The summed E-state index contributed by atoms with van der Waals surface area (Å²) in [5, 5.41) is 11.6. The standard InChI is InChI=1S/C17H17N3O3S/c1-12(14-9-7-13(11-18)8-10-14)19-17(21)15-5-3-4-6-16(15)20-24(2,22)23/h3-10,12,20H,1-2H3,(H,19,21). The van der Waals surface area contributed by atoms with Crippen LogP contribution in [-0.4, -0.2) is 20.6 Å². The first kappa shape index (κ1) is 17.5. The zero-order valence-electron chi connectivity index (χ0n) is 13.3. The van der Waals surface area contributed by atoms with Crippen LogP contribution in [0.4, 0.5) is 5.69 Å². The van der Waals surface area contributed by atoms with Gasteiger partial charge in [-0.2, -0.15) is 5.26 Å². The van der Waals surface area contributed by atoms with Crippen molar-refractivity contribution in [1.29, 1.82) is 5.26 Å². The Labute approximate surface area is 141 Å². The van der Waals surface area contributed by atoms with Crippen molar-refractivity contribution in [1.82, 2.24) is 5.32 Å². The van der Waals surface area contributed by atoms with Crippen LogP contribution < -0.4 is 10.0 Å². The van der Waals surface area contributed by atoms with Crippen molar-refractivity contribution >= 4 is 21.6 Å². The van der Waals surface area contributed by atoms with E-state index in [0.29, 0.717) is 5.56 Å². The molecule has 0 fully saturated rings. The Hall–Kier alpha value is -2.85. The molecule has 2 aromatic carbocycles. The van der Waals surface area contributed by atoms with Crippen molar-refractivity contribution in [3.05, 3.63) is 65.2 Å². The van der Waals surface area contributed by atoms with Crippen molar-refractivity contribution in [2.24, 2.45) is 0 Å². The number of rotatable bonds is 5. The van der Waals surface area contributed by atoms with Gasteiger partial charge in [0.2, 0.25) is 10.0 Å². The van der Waals surface area contributed by atoms with E-state index < -0.39 is 15.9 Å². The number of nitrogens with one attached hydrogen (secondary N) is 2. The van der Waals surface area contributed by atoms with Crippen LogP contribution in [-0.2, 0) is 10.0 Å². The normalized spacial score (nSPS) is 12.0. The van der Waals surface area contributed by atoms with Crippen molar-refractivity contribution < 1.29 is 13.2 Å². The summed E-state index contributed by atoms with van der Waals surface area (Å²) in [7, 11) is -3.48. The van der Waals surface area contributed by atoms with Crippen LogP contribution in [0.5, 0.6) is 0 Å². The summed E-state index contributed by atoms with van der Waals surface area (Å²) in [6.07, 6.45) is 1.03. The molecule has 0 aliphatic rings. The number of nitrogens with zero attached hydrogens (tertiary/aromatic N) is 1. The molecule has 0 bridgehead atoms. The van der Waals surface area contributed by atoms with Gasteiger partial charge >= 0.3 is 0 Å². The third-order valence-corrected chi connectivity index (χ3v) is 3.95. The summed E-state index contributed by atoms with van der Waals surface area (Å²) in [5.41, 5.74) is 1.85. The molecule has 1 atom stereocenters. The Morgan fingerprint density at radius 3 is 2.33 bits per heavy atom. The first-order valence-electron chi connectivity index (χ1n) is 7.18. The highest BCUT2D eigenvalue weighted by atomic mass is 32.2. The Bertz CT molecular complexity index is 884. The van der Waals surface area contributed by atoms with Gasteiger partial charge in [0.15, 0.2) is 0 Å². The molecule has 2 rings (SSSR count). The van der Waals surface area contributed by atoms with E-state index in [2.05, 4.69) is 10.0 Å². The van der Waals surface area contributed by atoms with Gasteiger partial charge in [-0.05, 0) is 36.8 Å². The minimum absolute atomic E-state index is 0.226. The lowest BCUT2D eigenvalue weighted by molar-refractivity contribution is 0.0941. The third kappa shape index (κ3) is 4.57. The van der Waals surface area contributed by atoms with Gasteiger partial charge in [0.1, 0.15) is 0 Å². The monoisotopic (exact) mass is 343 g/mol. The molecule has 0 aliphatic carbocycles. The van der Waals surface area contributed by atoms with Crippen LogP contribution >= 0.6 is 0 Å². The second-order valence-corrected chi connectivity index (χ2v) is 7.10. The second-order valence-electron chi connectivity index (χ2n) is 5.35. The SMILES string of the molecule is CC(NC(=O)c1ccccc1NS(C)(=O)=O)c1ccc(C#N)cc1. The second kappa shape index (κ2) is 7.15. The molecule has 0 aliphatic heterocycles. The molecule has 0 heterocycles. The Morgan fingerprint density at radius 1 is 1.12 bits per heavy atom. The van der Waals surface area contributed by atoms with Crippen LogP contribution in [0, 0.1) is 11.3 Å². The molecule has 0 saturated carbocycles. The van der Waals surface area contributed by atoms with Gasteiger partial charge in [-0.25, -0.2) is 8.42 Å². The van der Waals surface area contributed by atoms with Crippen LogP contribution in [0.3, 0.4) is 0 Å². The molecule has 0 saturated heterocycles. The quantitative estimate of drug-likeness (QED) is 0.871. The number of anilines is 1. The van der Waals surface area contributed by atoms with Crippen LogP contribution in [0.15, 0.2) is 48.5 Å². The molecule has 0 spiro atoms.